The van der Waals surface area contributed by atoms with E-state index < -0.39 is 0 Å². The van der Waals surface area contributed by atoms with E-state index in [9.17, 15) is 0 Å². The Kier molecular flexibility index (Phi) is 3.90. The molecule has 1 fully saturated rings. The molecule has 0 heterocycles. The standard InChI is InChI=1S/C17H26N2/c1-2-12-19(14-10-11-14)16-9-5-7-13-6-3-4-8-15(13)17(16)18/h3-4,6,8,14,16-17H,2,5,7,9-12,18H2,1H3. The fourth-order valence-corrected chi connectivity index (χ4v) is 3.63. The summed E-state index contributed by atoms with van der Waals surface area (Å²) in [5, 5.41) is 0. The average molecular weight is 258 g/mol. The second kappa shape index (κ2) is 5.64. The van der Waals surface area contributed by atoms with Gasteiger partial charge in [0.2, 0.25) is 0 Å². The summed E-state index contributed by atoms with van der Waals surface area (Å²) in [7, 11) is 0. The first-order chi connectivity index (χ1) is 9.31. The first kappa shape index (κ1) is 13.1. The Balaban J connectivity index is 1.85. The summed E-state index contributed by atoms with van der Waals surface area (Å²) in [5.74, 6) is 0. The predicted octanol–water partition coefficient (Wildman–Crippen LogP) is 3.27. The number of aryl methyl sites for hydroxylation is 1. The monoisotopic (exact) mass is 258 g/mol. The highest BCUT2D eigenvalue weighted by atomic mass is 15.2. The maximum Gasteiger partial charge on any atom is 0.0455 e. The summed E-state index contributed by atoms with van der Waals surface area (Å²) >= 11 is 0. The molecule has 2 heteroatoms. The molecule has 0 saturated heterocycles. The van der Waals surface area contributed by atoms with Gasteiger partial charge >= 0.3 is 0 Å². The van der Waals surface area contributed by atoms with Gasteiger partial charge in [-0.2, -0.15) is 0 Å². The molecule has 0 bridgehead atoms. The zero-order valence-corrected chi connectivity index (χ0v) is 12.0. The normalized spacial score (nSPS) is 27.1. The minimum Gasteiger partial charge on any atom is -0.323 e. The molecule has 19 heavy (non-hydrogen) atoms. The van der Waals surface area contributed by atoms with Gasteiger partial charge in [0, 0.05) is 18.1 Å². The number of hydrogen-bond donors (Lipinski definition) is 1. The van der Waals surface area contributed by atoms with Gasteiger partial charge in [-0.1, -0.05) is 31.2 Å². The molecule has 1 aromatic carbocycles. The lowest BCUT2D eigenvalue weighted by Crippen LogP contribution is -2.44. The molecule has 1 aromatic rings. The van der Waals surface area contributed by atoms with Crippen LogP contribution in [0.3, 0.4) is 0 Å². The summed E-state index contributed by atoms with van der Waals surface area (Å²) in [6, 6.07) is 10.4. The topological polar surface area (TPSA) is 29.3 Å². The zero-order chi connectivity index (χ0) is 13.2. The fourth-order valence-electron chi connectivity index (χ4n) is 3.63. The summed E-state index contributed by atoms with van der Waals surface area (Å²) in [5.41, 5.74) is 9.52. The Morgan fingerprint density at radius 1 is 1.21 bits per heavy atom. The molecule has 104 valence electrons. The molecular weight excluding hydrogens is 232 g/mol. The SMILES string of the molecule is CCCN(C1CC1)C1CCCc2ccccc2C1N. The van der Waals surface area contributed by atoms with Gasteiger partial charge < -0.3 is 5.73 Å². The maximum absolute atomic E-state index is 6.65. The first-order valence-corrected chi connectivity index (χ1v) is 7.90. The number of nitrogens with two attached hydrogens (primary N) is 1. The first-order valence-electron chi connectivity index (χ1n) is 7.90. The highest BCUT2D eigenvalue weighted by Gasteiger charge is 2.37. The molecule has 0 amide bonds. The van der Waals surface area contributed by atoms with Crippen molar-refractivity contribution >= 4 is 0 Å². The van der Waals surface area contributed by atoms with Crippen LogP contribution in [0.2, 0.25) is 0 Å². The highest BCUT2D eigenvalue weighted by Crippen LogP contribution is 2.36. The van der Waals surface area contributed by atoms with E-state index >= 15 is 0 Å². The second-order valence-electron chi connectivity index (χ2n) is 6.15. The summed E-state index contributed by atoms with van der Waals surface area (Å²) in [4.78, 5) is 2.72. The average Bonchev–Trinajstić information content (AvgIpc) is 3.26. The molecule has 3 rings (SSSR count). The molecule has 0 radical (unpaired) electrons. The highest BCUT2D eigenvalue weighted by molar-refractivity contribution is 5.32. The minimum absolute atomic E-state index is 0.200. The Bertz CT molecular complexity index is 425. The van der Waals surface area contributed by atoms with E-state index in [1.807, 2.05) is 0 Å². The molecule has 2 aliphatic carbocycles. The molecule has 2 aliphatic rings. The molecule has 0 spiro atoms. The summed E-state index contributed by atoms with van der Waals surface area (Å²) in [6.07, 6.45) is 7.73. The van der Waals surface area contributed by atoms with Crippen LogP contribution >= 0.6 is 0 Å². The van der Waals surface area contributed by atoms with Gasteiger partial charge in [-0.3, -0.25) is 4.90 Å². The van der Waals surface area contributed by atoms with E-state index in [0.29, 0.717) is 6.04 Å². The van der Waals surface area contributed by atoms with Crippen molar-refractivity contribution in [1.82, 2.24) is 4.90 Å². The zero-order valence-electron chi connectivity index (χ0n) is 12.0. The lowest BCUT2D eigenvalue weighted by Gasteiger charge is -2.35. The summed E-state index contributed by atoms with van der Waals surface area (Å²) in [6.45, 7) is 3.50. The molecule has 2 unspecified atom stereocenters. The van der Waals surface area contributed by atoms with E-state index in [4.69, 9.17) is 5.73 Å². The van der Waals surface area contributed by atoms with E-state index in [0.717, 1.165) is 6.04 Å². The van der Waals surface area contributed by atoms with Crippen molar-refractivity contribution in [3.05, 3.63) is 35.4 Å². The number of nitrogens with zero attached hydrogens (tertiary/aromatic N) is 1. The number of fused-ring (bicyclic) bond motifs is 1. The number of rotatable bonds is 4. The van der Waals surface area contributed by atoms with Crippen LogP contribution in [0, 0.1) is 0 Å². The van der Waals surface area contributed by atoms with Crippen LogP contribution in [-0.2, 0) is 6.42 Å². The predicted molar refractivity (Wildman–Crippen MR) is 80.1 cm³/mol. The van der Waals surface area contributed by atoms with Gasteiger partial charge in [-0.15, -0.1) is 0 Å². The smallest absolute Gasteiger partial charge is 0.0455 e. The minimum atomic E-state index is 0.200. The van der Waals surface area contributed by atoms with E-state index in [1.165, 1.54) is 56.2 Å². The van der Waals surface area contributed by atoms with Crippen LogP contribution in [0.5, 0.6) is 0 Å². The Morgan fingerprint density at radius 2 is 2.00 bits per heavy atom. The molecule has 2 atom stereocenters. The van der Waals surface area contributed by atoms with Crippen LogP contribution < -0.4 is 5.73 Å². The van der Waals surface area contributed by atoms with E-state index in [-0.39, 0.29) is 6.04 Å². The second-order valence-corrected chi connectivity index (χ2v) is 6.15. The van der Waals surface area contributed by atoms with Crippen molar-refractivity contribution in [3.63, 3.8) is 0 Å². The van der Waals surface area contributed by atoms with Crippen LogP contribution in [0.1, 0.15) is 56.2 Å². The van der Waals surface area contributed by atoms with Crippen molar-refractivity contribution in [2.24, 2.45) is 5.73 Å². The molecule has 0 aromatic heterocycles. The lowest BCUT2D eigenvalue weighted by molar-refractivity contribution is 0.153. The van der Waals surface area contributed by atoms with Crippen LogP contribution in [0.25, 0.3) is 0 Å². The molecule has 2 N–H and O–H groups in total. The quantitative estimate of drug-likeness (QED) is 0.840. The van der Waals surface area contributed by atoms with Crippen molar-refractivity contribution in [2.75, 3.05) is 6.54 Å². The van der Waals surface area contributed by atoms with Gasteiger partial charge in [0.15, 0.2) is 0 Å². The van der Waals surface area contributed by atoms with Crippen LogP contribution in [0.4, 0.5) is 0 Å². The van der Waals surface area contributed by atoms with Crippen molar-refractivity contribution < 1.29 is 0 Å². The molecule has 1 saturated carbocycles. The Hall–Kier alpha value is -0.860. The maximum atomic E-state index is 6.65. The third-order valence-electron chi connectivity index (χ3n) is 4.70. The third-order valence-corrected chi connectivity index (χ3v) is 4.70. The van der Waals surface area contributed by atoms with E-state index in [2.05, 4.69) is 36.1 Å². The number of hydrogen-bond acceptors (Lipinski definition) is 2. The number of benzene rings is 1. The lowest BCUT2D eigenvalue weighted by atomic mass is 9.95. The van der Waals surface area contributed by atoms with Gasteiger partial charge in [0.05, 0.1) is 0 Å². The van der Waals surface area contributed by atoms with Gasteiger partial charge in [0.25, 0.3) is 0 Å². The summed E-state index contributed by atoms with van der Waals surface area (Å²) < 4.78 is 0. The Morgan fingerprint density at radius 3 is 2.74 bits per heavy atom. The van der Waals surface area contributed by atoms with E-state index in [1.54, 1.807) is 0 Å². The van der Waals surface area contributed by atoms with Gasteiger partial charge in [0.1, 0.15) is 0 Å². The molecule has 0 aliphatic heterocycles. The largest absolute Gasteiger partial charge is 0.323 e. The van der Waals surface area contributed by atoms with Crippen molar-refractivity contribution in [1.29, 1.82) is 0 Å². The fraction of sp³-hybridized carbons (Fsp3) is 0.647. The Labute approximate surface area is 117 Å². The molecule has 2 nitrogen and oxygen atoms in total. The van der Waals surface area contributed by atoms with Crippen molar-refractivity contribution in [2.45, 2.75) is 63.6 Å². The van der Waals surface area contributed by atoms with Gasteiger partial charge in [-0.05, 0) is 56.2 Å². The van der Waals surface area contributed by atoms with Crippen molar-refractivity contribution in [3.8, 4) is 0 Å². The molecular formula is C17H26N2. The van der Waals surface area contributed by atoms with Crippen LogP contribution in [0.15, 0.2) is 24.3 Å². The third kappa shape index (κ3) is 2.70. The van der Waals surface area contributed by atoms with Crippen LogP contribution in [-0.4, -0.2) is 23.5 Å². The van der Waals surface area contributed by atoms with Gasteiger partial charge in [-0.25, -0.2) is 0 Å².